The van der Waals surface area contributed by atoms with E-state index in [0.29, 0.717) is 12.8 Å². The van der Waals surface area contributed by atoms with Gasteiger partial charge in [-0.2, -0.15) is 0 Å². The quantitative estimate of drug-likeness (QED) is 0.0576. The first-order valence-electron chi connectivity index (χ1n) is 26.2. The number of rotatable bonds is 47. The molecule has 56 heavy (non-hydrogen) atoms. The maximum absolute atomic E-state index is 13.7. The summed E-state index contributed by atoms with van der Waals surface area (Å²) in [5, 5.41) is 0. The van der Waals surface area contributed by atoms with Crippen molar-refractivity contribution >= 4 is 11.8 Å². The van der Waals surface area contributed by atoms with Crippen molar-refractivity contribution in [2.45, 2.75) is 297 Å². The van der Waals surface area contributed by atoms with Gasteiger partial charge in [-0.05, 0) is 25.7 Å². The average Bonchev–Trinajstić information content (AvgIpc) is 3.20. The first-order chi connectivity index (χ1) is 27.6. The second-order valence-electron chi connectivity index (χ2n) is 18.0. The van der Waals surface area contributed by atoms with Gasteiger partial charge in [0, 0.05) is 39.0 Å². The summed E-state index contributed by atoms with van der Waals surface area (Å²) < 4.78 is 0. The van der Waals surface area contributed by atoms with E-state index in [-0.39, 0.29) is 11.8 Å². The molecule has 0 fully saturated rings. The molecule has 0 aromatic rings. The summed E-state index contributed by atoms with van der Waals surface area (Å²) in [5.74, 6) is 0.450. The highest BCUT2D eigenvalue weighted by atomic mass is 16.2. The lowest BCUT2D eigenvalue weighted by atomic mass is 10.1. The van der Waals surface area contributed by atoms with Crippen molar-refractivity contribution in [2.24, 2.45) is 0 Å². The molecule has 0 radical (unpaired) electrons. The van der Waals surface area contributed by atoms with Crippen LogP contribution in [-0.4, -0.2) is 47.8 Å². The van der Waals surface area contributed by atoms with Crippen molar-refractivity contribution in [3.63, 3.8) is 0 Å². The van der Waals surface area contributed by atoms with E-state index in [1.165, 1.54) is 231 Å². The highest BCUT2D eigenvalue weighted by Crippen LogP contribution is 2.17. The Morgan fingerprint density at radius 3 is 0.536 bits per heavy atom. The van der Waals surface area contributed by atoms with Crippen molar-refractivity contribution in [2.75, 3.05) is 26.2 Å². The van der Waals surface area contributed by atoms with E-state index in [1.54, 1.807) is 0 Å². The zero-order valence-corrected chi connectivity index (χ0v) is 39.2. The molecule has 334 valence electrons. The van der Waals surface area contributed by atoms with E-state index in [1.807, 2.05) is 0 Å². The fraction of sp³-hybridized carbons (Fsp3) is 0.962. The molecule has 0 heterocycles. The predicted octanol–water partition coefficient (Wildman–Crippen LogP) is 17.1. The minimum atomic E-state index is 0.225. The van der Waals surface area contributed by atoms with Crippen LogP contribution in [0.1, 0.15) is 297 Å². The molecular weight excluding hydrogens is 685 g/mol. The number of nitrogens with zero attached hydrogens (tertiary/aromatic N) is 2. The Balaban J connectivity index is 4.89. The Bertz CT molecular complexity index is 673. The van der Waals surface area contributed by atoms with Crippen molar-refractivity contribution in [1.82, 2.24) is 9.80 Å². The van der Waals surface area contributed by atoms with Gasteiger partial charge < -0.3 is 9.80 Å². The summed E-state index contributed by atoms with van der Waals surface area (Å²) in [6.45, 7) is 12.7. The number of unbranched alkanes of at least 4 members (excludes halogenated alkanes) is 36. The smallest absolute Gasteiger partial charge is 0.223 e. The second-order valence-corrected chi connectivity index (χ2v) is 18.0. The number of hydrogen-bond acceptors (Lipinski definition) is 2. The summed E-state index contributed by atoms with van der Waals surface area (Å²) in [6, 6.07) is 0. The molecule has 0 aromatic carbocycles. The van der Waals surface area contributed by atoms with Crippen LogP contribution < -0.4 is 0 Å². The molecule has 0 spiro atoms. The average molecular weight is 789 g/mol. The van der Waals surface area contributed by atoms with Gasteiger partial charge in [-0.3, -0.25) is 9.59 Å². The highest BCUT2D eigenvalue weighted by molar-refractivity contribution is 5.83. The normalized spacial score (nSPS) is 11.4. The molecule has 0 saturated heterocycles. The first kappa shape index (κ1) is 54.9. The van der Waals surface area contributed by atoms with Gasteiger partial charge in [0.15, 0.2) is 0 Å². The number of carbonyl (C=O) groups excluding carboxylic acids is 2. The molecule has 0 aromatic heterocycles. The first-order valence-corrected chi connectivity index (χ1v) is 26.2. The van der Waals surface area contributed by atoms with Crippen LogP contribution in [0.15, 0.2) is 0 Å². The predicted molar refractivity (Wildman–Crippen MR) is 250 cm³/mol. The van der Waals surface area contributed by atoms with Crippen molar-refractivity contribution in [1.29, 1.82) is 0 Å². The van der Waals surface area contributed by atoms with Crippen molar-refractivity contribution < 1.29 is 9.59 Å². The monoisotopic (exact) mass is 789 g/mol. The molecule has 0 saturated carbocycles. The molecular formula is C52H104N2O2. The number of hydrogen-bond donors (Lipinski definition) is 0. The van der Waals surface area contributed by atoms with Crippen molar-refractivity contribution in [3.8, 4) is 0 Å². The highest BCUT2D eigenvalue weighted by Gasteiger charge is 2.18. The zero-order chi connectivity index (χ0) is 40.8. The molecule has 4 nitrogen and oxygen atoms in total. The second kappa shape index (κ2) is 46.6. The lowest BCUT2D eigenvalue weighted by Crippen LogP contribution is -2.36. The largest absolute Gasteiger partial charge is 0.343 e. The minimum absolute atomic E-state index is 0.225. The van der Waals surface area contributed by atoms with E-state index < -0.39 is 0 Å². The summed E-state index contributed by atoms with van der Waals surface area (Å²) >= 11 is 0. The summed E-state index contributed by atoms with van der Waals surface area (Å²) in [5.41, 5.74) is 0. The molecule has 0 aliphatic heterocycles. The standard InChI is InChI=1S/C52H104N2O2/c1-5-9-13-17-21-25-29-33-37-41-47-53(48-42-38-34-30-26-22-18-14-10-6-2)51(55)45-46-52(56)54(49-43-39-35-31-27-23-19-15-11-7-3)50-44-40-36-32-28-24-20-16-12-8-4/h5-50H2,1-4H3. The van der Waals surface area contributed by atoms with Gasteiger partial charge in [0.1, 0.15) is 0 Å². The molecule has 0 bridgehead atoms. The zero-order valence-electron chi connectivity index (χ0n) is 39.2. The fourth-order valence-electron chi connectivity index (χ4n) is 8.41. The Kier molecular flexibility index (Phi) is 45.7. The third-order valence-electron chi connectivity index (χ3n) is 12.4. The maximum Gasteiger partial charge on any atom is 0.223 e. The summed E-state index contributed by atoms with van der Waals surface area (Å²) in [6.07, 6.45) is 53.5. The third-order valence-corrected chi connectivity index (χ3v) is 12.4. The van der Waals surface area contributed by atoms with Crippen LogP contribution in [-0.2, 0) is 9.59 Å². The minimum Gasteiger partial charge on any atom is -0.343 e. The molecule has 0 unspecified atom stereocenters. The molecule has 2 amide bonds. The van der Waals surface area contributed by atoms with Crippen LogP contribution in [0.5, 0.6) is 0 Å². The van der Waals surface area contributed by atoms with Gasteiger partial charge in [-0.15, -0.1) is 0 Å². The molecule has 0 aliphatic rings. The Hall–Kier alpha value is -1.06. The Labute approximate surface area is 353 Å². The fourth-order valence-corrected chi connectivity index (χ4v) is 8.41. The third kappa shape index (κ3) is 39.8. The van der Waals surface area contributed by atoms with Gasteiger partial charge in [-0.25, -0.2) is 0 Å². The summed E-state index contributed by atoms with van der Waals surface area (Å²) in [7, 11) is 0. The molecule has 0 aliphatic carbocycles. The van der Waals surface area contributed by atoms with Gasteiger partial charge in [0.05, 0.1) is 0 Å². The Morgan fingerprint density at radius 2 is 0.375 bits per heavy atom. The number of amides is 2. The van der Waals surface area contributed by atoms with E-state index in [2.05, 4.69) is 37.5 Å². The van der Waals surface area contributed by atoms with Crippen LogP contribution >= 0.6 is 0 Å². The van der Waals surface area contributed by atoms with Crippen LogP contribution in [0.2, 0.25) is 0 Å². The topological polar surface area (TPSA) is 40.6 Å². The lowest BCUT2D eigenvalue weighted by Gasteiger charge is -2.25. The van der Waals surface area contributed by atoms with E-state index in [9.17, 15) is 9.59 Å². The Morgan fingerprint density at radius 1 is 0.232 bits per heavy atom. The van der Waals surface area contributed by atoms with E-state index in [0.717, 1.165) is 51.9 Å². The van der Waals surface area contributed by atoms with E-state index >= 15 is 0 Å². The number of carbonyl (C=O) groups is 2. The van der Waals surface area contributed by atoms with Gasteiger partial charge in [0.25, 0.3) is 0 Å². The summed E-state index contributed by atoms with van der Waals surface area (Å²) in [4.78, 5) is 31.7. The lowest BCUT2D eigenvalue weighted by molar-refractivity contribution is -0.137. The van der Waals surface area contributed by atoms with Crippen LogP contribution in [0, 0.1) is 0 Å². The van der Waals surface area contributed by atoms with E-state index in [4.69, 9.17) is 0 Å². The SMILES string of the molecule is CCCCCCCCCCCCN(CCCCCCCCCCCC)C(=O)CCC(=O)N(CCCCCCCCCCCC)CCCCCCCCCCCC. The molecule has 4 heteroatoms. The van der Waals surface area contributed by atoms with Crippen molar-refractivity contribution in [3.05, 3.63) is 0 Å². The molecule has 0 atom stereocenters. The molecule has 0 rings (SSSR count). The molecule has 0 N–H and O–H groups in total. The van der Waals surface area contributed by atoms with Crippen LogP contribution in [0.3, 0.4) is 0 Å². The van der Waals surface area contributed by atoms with Crippen LogP contribution in [0.4, 0.5) is 0 Å². The maximum atomic E-state index is 13.7. The van der Waals surface area contributed by atoms with Crippen LogP contribution in [0.25, 0.3) is 0 Å². The van der Waals surface area contributed by atoms with Gasteiger partial charge in [0.2, 0.25) is 11.8 Å². The van der Waals surface area contributed by atoms with Gasteiger partial charge >= 0.3 is 0 Å². The van der Waals surface area contributed by atoms with Gasteiger partial charge in [-0.1, -0.05) is 259 Å².